The van der Waals surface area contributed by atoms with Gasteiger partial charge in [-0.2, -0.15) is 5.26 Å². The highest BCUT2D eigenvalue weighted by molar-refractivity contribution is 5.97. The molecule has 94 valence electrons. The van der Waals surface area contributed by atoms with E-state index in [0.29, 0.717) is 19.4 Å². The van der Waals surface area contributed by atoms with Crippen molar-refractivity contribution in [1.29, 1.82) is 5.26 Å². The molecule has 1 aromatic carbocycles. The lowest BCUT2D eigenvalue weighted by molar-refractivity contribution is 0.0952. The van der Waals surface area contributed by atoms with E-state index in [1.807, 2.05) is 18.2 Å². The van der Waals surface area contributed by atoms with Crippen molar-refractivity contribution in [2.24, 2.45) is 0 Å². The Morgan fingerprint density at radius 1 is 1.50 bits per heavy atom. The van der Waals surface area contributed by atoms with E-state index in [2.05, 4.69) is 16.7 Å². The van der Waals surface area contributed by atoms with Gasteiger partial charge in [-0.05, 0) is 37.0 Å². The predicted molar refractivity (Wildman–Crippen MR) is 70.4 cm³/mol. The molecule has 1 aromatic rings. The monoisotopic (exact) mass is 243 g/mol. The second kappa shape index (κ2) is 6.06. The maximum Gasteiger partial charge on any atom is 0.251 e. The summed E-state index contributed by atoms with van der Waals surface area (Å²) in [6.45, 7) is 1.53. The molecular formula is C14H17N3O. The lowest BCUT2D eigenvalue weighted by Crippen LogP contribution is -2.26. The van der Waals surface area contributed by atoms with Crippen LogP contribution in [0.25, 0.3) is 0 Å². The lowest BCUT2D eigenvalue weighted by atomic mass is 9.97. The van der Waals surface area contributed by atoms with Gasteiger partial charge in [-0.15, -0.1) is 0 Å². The van der Waals surface area contributed by atoms with E-state index in [-0.39, 0.29) is 5.91 Å². The van der Waals surface area contributed by atoms with Crippen molar-refractivity contribution in [2.45, 2.75) is 25.7 Å². The number of nitriles is 1. The number of nitrogens with one attached hydrogen (secondary N) is 2. The predicted octanol–water partition coefficient (Wildman–Crippen LogP) is 2.08. The highest BCUT2D eigenvalue weighted by Crippen LogP contribution is 2.25. The van der Waals surface area contributed by atoms with E-state index < -0.39 is 0 Å². The van der Waals surface area contributed by atoms with Crippen molar-refractivity contribution >= 4 is 11.6 Å². The van der Waals surface area contributed by atoms with Gasteiger partial charge in [0, 0.05) is 30.8 Å². The lowest BCUT2D eigenvalue weighted by Gasteiger charge is -2.20. The Balaban J connectivity index is 2.04. The molecule has 2 N–H and O–H groups in total. The van der Waals surface area contributed by atoms with Crippen LogP contribution in [-0.4, -0.2) is 19.0 Å². The molecule has 1 amide bonds. The van der Waals surface area contributed by atoms with Crippen molar-refractivity contribution in [3.63, 3.8) is 0 Å². The van der Waals surface area contributed by atoms with Gasteiger partial charge in [0.2, 0.25) is 0 Å². The Hall–Kier alpha value is -2.02. The minimum Gasteiger partial charge on any atom is -0.385 e. The number of benzene rings is 1. The summed E-state index contributed by atoms with van der Waals surface area (Å²) in [5.41, 5.74) is 2.95. The molecule has 1 heterocycles. The van der Waals surface area contributed by atoms with E-state index in [4.69, 9.17) is 5.26 Å². The van der Waals surface area contributed by atoms with Crippen LogP contribution in [0.1, 0.15) is 35.2 Å². The van der Waals surface area contributed by atoms with Crippen LogP contribution >= 0.6 is 0 Å². The van der Waals surface area contributed by atoms with Gasteiger partial charge in [0.15, 0.2) is 0 Å². The molecular weight excluding hydrogens is 226 g/mol. The molecule has 4 heteroatoms. The maximum atomic E-state index is 12.1. The highest BCUT2D eigenvalue weighted by atomic mass is 16.1. The van der Waals surface area contributed by atoms with Gasteiger partial charge in [0.25, 0.3) is 5.91 Å². The van der Waals surface area contributed by atoms with E-state index in [1.54, 1.807) is 0 Å². The zero-order chi connectivity index (χ0) is 12.8. The number of unbranched alkanes of at least 4 members (excludes halogenated alkanes) is 1. The van der Waals surface area contributed by atoms with Crippen LogP contribution in [0, 0.1) is 11.3 Å². The molecule has 1 aliphatic heterocycles. The highest BCUT2D eigenvalue weighted by Gasteiger charge is 2.16. The molecule has 4 nitrogen and oxygen atoms in total. The van der Waals surface area contributed by atoms with E-state index >= 15 is 0 Å². The van der Waals surface area contributed by atoms with Crippen LogP contribution < -0.4 is 10.6 Å². The zero-order valence-electron chi connectivity index (χ0n) is 10.3. The summed E-state index contributed by atoms with van der Waals surface area (Å²) in [5.74, 6) is -0.0338. The number of fused-ring (bicyclic) bond motifs is 1. The third-order valence-corrected chi connectivity index (χ3v) is 3.09. The van der Waals surface area contributed by atoms with E-state index in [9.17, 15) is 4.79 Å². The summed E-state index contributed by atoms with van der Waals surface area (Å²) in [6, 6.07) is 7.86. The first-order valence-electron chi connectivity index (χ1n) is 6.34. The Bertz CT molecular complexity index is 476. The average Bonchev–Trinajstić information content (AvgIpc) is 2.43. The fraction of sp³-hybridized carbons (Fsp3) is 0.429. The van der Waals surface area contributed by atoms with Crippen LogP contribution in [0.5, 0.6) is 0 Å². The Morgan fingerprint density at radius 3 is 3.22 bits per heavy atom. The minimum atomic E-state index is -0.0338. The summed E-state index contributed by atoms with van der Waals surface area (Å²) >= 11 is 0. The fourth-order valence-electron chi connectivity index (χ4n) is 2.19. The summed E-state index contributed by atoms with van der Waals surface area (Å²) < 4.78 is 0. The summed E-state index contributed by atoms with van der Waals surface area (Å²) in [7, 11) is 0. The molecule has 0 aliphatic carbocycles. The smallest absolute Gasteiger partial charge is 0.251 e. The first kappa shape index (κ1) is 12.4. The third kappa shape index (κ3) is 2.80. The van der Waals surface area contributed by atoms with Gasteiger partial charge in [0.1, 0.15) is 0 Å². The number of nitrogens with zero attached hydrogens (tertiary/aromatic N) is 1. The van der Waals surface area contributed by atoms with E-state index in [1.165, 1.54) is 0 Å². The molecule has 0 spiro atoms. The molecule has 0 radical (unpaired) electrons. The molecule has 0 atom stereocenters. The number of hydrogen-bond acceptors (Lipinski definition) is 3. The second-order valence-electron chi connectivity index (χ2n) is 4.38. The number of carbonyl (C=O) groups excluding carboxylic acids is 1. The SMILES string of the molecule is N#CCCCNC(=O)c1cccc2c1CCCN2. The Labute approximate surface area is 107 Å². The van der Waals surface area contributed by atoms with Crippen LogP contribution in [0.2, 0.25) is 0 Å². The topological polar surface area (TPSA) is 64.9 Å². The quantitative estimate of drug-likeness (QED) is 0.796. The molecule has 2 rings (SSSR count). The first-order chi connectivity index (χ1) is 8.83. The molecule has 0 saturated carbocycles. The van der Waals surface area contributed by atoms with Crippen molar-refractivity contribution in [2.75, 3.05) is 18.4 Å². The molecule has 0 saturated heterocycles. The van der Waals surface area contributed by atoms with Gasteiger partial charge < -0.3 is 10.6 Å². The second-order valence-corrected chi connectivity index (χ2v) is 4.38. The van der Waals surface area contributed by atoms with Gasteiger partial charge >= 0.3 is 0 Å². The van der Waals surface area contributed by atoms with Gasteiger partial charge in [-0.3, -0.25) is 4.79 Å². The van der Waals surface area contributed by atoms with Crippen LogP contribution in [0.15, 0.2) is 18.2 Å². The molecule has 0 aromatic heterocycles. The average molecular weight is 243 g/mol. The van der Waals surface area contributed by atoms with Crippen molar-refractivity contribution in [1.82, 2.24) is 5.32 Å². The van der Waals surface area contributed by atoms with E-state index in [0.717, 1.165) is 36.2 Å². The van der Waals surface area contributed by atoms with Crippen molar-refractivity contribution < 1.29 is 4.79 Å². The Morgan fingerprint density at radius 2 is 2.39 bits per heavy atom. The van der Waals surface area contributed by atoms with Crippen LogP contribution in [0.3, 0.4) is 0 Å². The number of amides is 1. The van der Waals surface area contributed by atoms with Crippen LogP contribution in [0.4, 0.5) is 5.69 Å². The van der Waals surface area contributed by atoms with Crippen LogP contribution in [-0.2, 0) is 6.42 Å². The van der Waals surface area contributed by atoms with Gasteiger partial charge in [0.05, 0.1) is 6.07 Å². The summed E-state index contributed by atoms with van der Waals surface area (Å²) in [4.78, 5) is 12.1. The molecule has 0 bridgehead atoms. The number of rotatable bonds is 4. The standard InChI is InChI=1S/C14H17N3O/c15-8-1-2-9-17-14(18)12-5-3-7-13-11(12)6-4-10-16-13/h3,5,7,16H,1-2,4,6,9-10H2,(H,17,18). The number of anilines is 1. The van der Waals surface area contributed by atoms with Crippen molar-refractivity contribution in [3.05, 3.63) is 29.3 Å². The first-order valence-corrected chi connectivity index (χ1v) is 6.34. The molecule has 1 aliphatic rings. The molecule has 0 unspecified atom stereocenters. The number of carbonyl (C=O) groups is 1. The largest absolute Gasteiger partial charge is 0.385 e. The maximum absolute atomic E-state index is 12.1. The fourth-order valence-corrected chi connectivity index (χ4v) is 2.19. The summed E-state index contributed by atoms with van der Waals surface area (Å²) in [6.07, 6.45) is 3.19. The number of hydrogen-bond donors (Lipinski definition) is 2. The normalized spacial score (nSPS) is 13.1. The molecule has 0 fully saturated rings. The zero-order valence-corrected chi connectivity index (χ0v) is 10.3. The Kier molecular flexibility index (Phi) is 4.19. The van der Waals surface area contributed by atoms with Gasteiger partial charge in [-0.25, -0.2) is 0 Å². The van der Waals surface area contributed by atoms with Gasteiger partial charge in [-0.1, -0.05) is 6.07 Å². The minimum absolute atomic E-state index is 0.0338. The third-order valence-electron chi connectivity index (χ3n) is 3.09. The molecule has 18 heavy (non-hydrogen) atoms. The summed E-state index contributed by atoms with van der Waals surface area (Å²) in [5, 5.41) is 14.6. The van der Waals surface area contributed by atoms with Crippen molar-refractivity contribution in [3.8, 4) is 6.07 Å².